The van der Waals surface area contributed by atoms with E-state index in [0.29, 0.717) is 30.1 Å². The molecule has 0 radical (unpaired) electrons. The van der Waals surface area contributed by atoms with Crippen LogP contribution in [0.4, 0.5) is 5.95 Å². The van der Waals surface area contributed by atoms with E-state index in [9.17, 15) is 4.79 Å². The van der Waals surface area contributed by atoms with Crippen molar-refractivity contribution >= 4 is 17.0 Å². The van der Waals surface area contributed by atoms with E-state index < -0.39 is 0 Å². The number of nitrogens with zero attached hydrogens (tertiary/aromatic N) is 4. The molecule has 142 valence electrons. The second-order valence-corrected chi connectivity index (χ2v) is 8.11. The molecule has 4 rings (SSSR count). The zero-order valence-electron chi connectivity index (χ0n) is 16.1. The van der Waals surface area contributed by atoms with Crippen LogP contribution in [0.15, 0.2) is 41.3 Å². The van der Waals surface area contributed by atoms with Crippen molar-refractivity contribution in [1.82, 2.24) is 19.7 Å². The molecule has 1 saturated heterocycles. The van der Waals surface area contributed by atoms with Gasteiger partial charge >= 0.3 is 0 Å². The minimum Gasteiger partial charge on any atom is -0.367 e. The zero-order valence-corrected chi connectivity index (χ0v) is 16.1. The second kappa shape index (κ2) is 6.49. The van der Waals surface area contributed by atoms with Crippen LogP contribution in [0.3, 0.4) is 0 Å². The summed E-state index contributed by atoms with van der Waals surface area (Å²) in [6.45, 7) is 9.48. The number of ether oxygens (including phenoxy) is 1. The van der Waals surface area contributed by atoms with Gasteiger partial charge in [-0.15, -0.1) is 0 Å². The number of hydrogen-bond donors (Lipinski definition) is 1. The molecule has 1 fully saturated rings. The number of aromatic amines is 1. The van der Waals surface area contributed by atoms with Gasteiger partial charge in [0.1, 0.15) is 11.5 Å². The van der Waals surface area contributed by atoms with Gasteiger partial charge in [-0.1, -0.05) is 30.3 Å². The van der Waals surface area contributed by atoms with Crippen LogP contribution in [0, 0.1) is 0 Å². The monoisotopic (exact) mass is 367 g/mol. The molecule has 3 aromatic rings. The van der Waals surface area contributed by atoms with E-state index in [0.717, 1.165) is 5.56 Å². The molecule has 1 N–H and O–H groups in total. The summed E-state index contributed by atoms with van der Waals surface area (Å²) in [4.78, 5) is 22.4. The maximum absolute atomic E-state index is 12.6. The highest BCUT2D eigenvalue weighted by Gasteiger charge is 2.29. The summed E-state index contributed by atoms with van der Waals surface area (Å²) in [6, 6.07) is 10.1. The normalized spacial score (nSPS) is 21.0. The van der Waals surface area contributed by atoms with Crippen LogP contribution < -0.4 is 10.5 Å². The number of benzene rings is 1. The average Bonchev–Trinajstić information content (AvgIpc) is 3.07. The summed E-state index contributed by atoms with van der Waals surface area (Å²) >= 11 is 0. The van der Waals surface area contributed by atoms with Crippen molar-refractivity contribution in [2.45, 2.75) is 45.4 Å². The highest BCUT2D eigenvalue weighted by Crippen LogP contribution is 2.27. The smallest absolute Gasteiger partial charge is 0.263 e. The first-order valence-corrected chi connectivity index (χ1v) is 9.27. The molecule has 0 aliphatic carbocycles. The van der Waals surface area contributed by atoms with E-state index in [1.165, 1.54) is 0 Å². The van der Waals surface area contributed by atoms with Gasteiger partial charge in [0.2, 0.25) is 5.95 Å². The molecule has 1 aliphatic heterocycles. The summed E-state index contributed by atoms with van der Waals surface area (Å²) in [5.74, 6) is 0.564. The molecule has 0 bridgehead atoms. The van der Waals surface area contributed by atoms with Gasteiger partial charge in [-0.05, 0) is 33.3 Å². The fraction of sp³-hybridized carbons (Fsp3) is 0.450. The van der Waals surface area contributed by atoms with Crippen LogP contribution in [0.2, 0.25) is 0 Å². The largest absolute Gasteiger partial charge is 0.367 e. The number of fused-ring (bicyclic) bond motifs is 1. The van der Waals surface area contributed by atoms with Crippen LogP contribution in [-0.2, 0) is 10.3 Å². The summed E-state index contributed by atoms with van der Waals surface area (Å²) in [5, 5.41) is 4.89. The fourth-order valence-corrected chi connectivity index (χ4v) is 3.52. The third kappa shape index (κ3) is 3.35. The molecule has 0 spiro atoms. The first-order valence-electron chi connectivity index (χ1n) is 9.27. The molecule has 7 heteroatoms. The number of rotatable bonds is 2. The van der Waals surface area contributed by atoms with E-state index >= 15 is 0 Å². The standard InChI is InChI=1S/C20H25N5O2/c1-13-11-24(12-16(27-13)14-8-6-5-7-9-14)19-22-17-15(18(26)23-19)10-21-25(17)20(2,3)4/h5-10,13,16H,11-12H2,1-4H3,(H,22,23,26). The molecule has 0 amide bonds. The van der Waals surface area contributed by atoms with Crippen molar-refractivity contribution in [3.8, 4) is 0 Å². The van der Waals surface area contributed by atoms with Crippen LogP contribution in [0.25, 0.3) is 11.0 Å². The van der Waals surface area contributed by atoms with Crippen LogP contribution in [0.5, 0.6) is 0 Å². The minimum atomic E-state index is -0.259. The Hall–Kier alpha value is -2.67. The Balaban J connectivity index is 1.74. The molecule has 27 heavy (non-hydrogen) atoms. The van der Waals surface area contributed by atoms with Crippen molar-refractivity contribution in [2.75, 3.05) is 18.0 Å². The Morgan fingerprint density at radius 1 is 1.19 bits per heavy atom. The lowest BCUT2D eigenvalue weighted by Gasteiger charge is -2.37. The van der Waals surface area contributed by atoms with Gasteiger partial charge in [-0.2, -0.15) is 10.1 Å². The predicted octanol–water partition coefficient (Wildman–Crippen LogP) is 2.84. The number of morpholine rings is 1. The predicted molar refractivity (Wildman–Crippen MR) is 105 cm³/mol. The van der Waals surface area contributed by atoms with Gasteiger partial charge in [0.05, 0.1) is 24.4 Å². The number of aromatic nitrogens is 4. The van der Waals surface area contributed by atoms with Crippen molar-refractivity contribution in [2.24, 2.45) is 0 Å². The van der Waals surface area contributed by atoms with Crippen LogP contribution in [0.1, 0.15) is 39.4 Å². The quantitative estimate of drug-likeness (QED) is 0.754. The number of anilines is 1. The van der Waals surface area contributed by atoms with Gasteiger partial charge in [0, 0.05) is 6.54 Å². The maximum Gasteiger partial charge on any atom is 0.263 e. The Bertz CT molecular complexity index is 1000. The number of hydrogen-bond acceptors (Lipinski definition) is 5. The minimum absolute atomic E-state index is 0.0254. The van der Waals surface area contributed by atoms with Gasteiger partial charge in [-0.3, -0.25) is 9.78 Å². The molecule has 1 aliphatic rings. The summed E-state index contributed by atoms with van der Waals surface area (Å²) in [7, 11) is 0. The van der Waals surface area contributed by atoms with E-state index in [1.54, 1.807) is 10.9 Å². The molecule has 2 aromatic heterocycles. The molecule has 2 atom stereocenters. The molecule has 1 aromatic carbocycles. The lowest BCUT2D eigenvalue weighted by molar-refractivity contribution is -0.0178. The molecule has 0 saturated carbocycles. The van der Waals surface area contributed by atoms with Gasteiger partial charge in [-0.25, -0.2) is 4.68 Å². The van der Waals surface area contributed by atoms with Crippen molar-refractivity contribution in [3.05, 3.63) is 52.4 Å². The number of nitrogens with one attached hydrogen (secondary N) is 1. The first-order chi connectivity index (χ1) is 12.8. The second-order valence-electron chi connectivity index (χ2n) is 8.11. The average molecular weight is 367 g/mol. The molecule has 2 unspecified atom stereocenters. The SMILES string of the molecule is CC1CN(c2nc3c(cnn3C(C)(C)C)c(=O)[nH]2)CC(c2ccccc2)O1. The Morgan fingerprint density at radius 3 is 2.63 bits per heavy atom. The third-order valence-electron chi connectivity index (χ3n) is 4.79. The maximum atomic E-state index is 12.6. The fourth-order valence-electron chi connectivity index (χ4n) is 3.52. The van der Waals surface area contributed by atoms with E-state index in [4.69, 9.17) is 9.72 Å². The lowest BCUT2D eigenvalue weighted by Crippen LogP contribution is -2.44. The van der Waals surface area contributed by atoms with E-state index in [2.05, 4.69) is 27.1 Å². The number of H-pyrrole nitrogens is 1. The lowest BCUT2D eigenvalue weighted by atomic mass is 10.1. The highest BCUT2D eigenvalue weighted by molar-refractivity contribution is 5.74. The van der Waals surface area contributed by atoms with Crippen molar-refractivity contribution in [3.63, 3.8) is 0 Å². The van der Waals surface area contributed by atoms with Gasteiger partial charge < -0.3 is 9.64 Å². The molecular weight excluding hydrogens is 342 g/mol. The highest BCUT2D eigenvalue weighted by atomic mass is 16.5. The van der Waals surface area contributed by atoms with Gasteiger partial charge in [0.15, 0.2) is 5.65 Å². The Kier molecular flexibility index (Phi) is 4.26. The summed E-state index contributed by atoms with van der Waals surface area (Å²) in [6.07, 6.45) is 1.55. The first kappa shape index (κ1) is 17.7. The Morgan fingerprint density at radius 2 is 1.93 bits per heavy atom. The van der Waals surface area contributed by atoms with Gasteiger partial charge in [0.25, 0.3) is 5.56 Å². The summed E-state index contributed by atoms with van der Waals surface area (Å²) < 4.78 is 7.93. The van der Waals surface area contributed by atoms with Crippen molar-refractivity contribution in [1.29, 1.82) is 0 Å². The molecular formula is C20H25N5O2. The molecule has 7 nitrogen and oxygen atoms in total. The van der Waals surface area contributed by atoms with Crippen LogP contribution in [-0.4, -0.2) is 38.9 Å². The summed E-state index contributed by atoms with van der Waals surface area (Å²) in [5.41, 5.74) is 1.31. The van der Waals surface area contributed by atoms with E-state index in [-0.39, 0.29) is 23.3 Å². The molecule has 3 heterocycles. The third-order valence-corrected chi connectivity index (χ3v) is 4.79. The van der Waals surface area contributed by atoms with Crippen molar-refractivity contribution < 1.29 is 4.74 Å². The topological polar surface area (TPSA) is 76.0 Å². The van der Waals surface area contributed by atoms with E-state index in [1.807, 2.05) is 45.9 Å². The zero-order chi connectivity index (χ0) is 19.2. The van der Waals surface area contributed by atoms with Crippen LogP contribution >= 0.6 is 0 Å². The Labute approximate surface area is 158 Å².